The van der Waals surface area contributed by atoms with Crippen LogP contribution in [0.4, 0.5) is 17.6 Å². The van der Waals surface area contributed by atoms with E-state index in [1.807, 2.05) is 0 Å². The summed E-state index contributed by atoms with van der Waals surface area (Å²) >= 11 is 0. The van der Waals surface area contributed by atoms with Gasteiger partial charge < -0.3 is 4.74 Å². The summed E-state index contributed by atoms with van der Waals surface area (Å²) in [4.78, 5) is 9.69. The molecule has 1 atom stereocenters. The molecule has 0 saturated heterocycles. The molecule has 0 aromatic carbocycles. The second-order valence-electron chi connectivity index (χ2n) is 1.45. The highest BCUT2D eigenvalue weighted by molar-refractivity contribution is 5.75. The Morgan fingerprint density at radius 2 is 1.90 bits per heavy atom. The molecule has 0 aliphatic carbocycles. The summed E-state index contributed by atoms with van der Waals surface area (Å²) in [6, 6.07) is 0. The Balaban J connectivity index is 3.87. The molecule has 0 saturated carbocycles. The summed E-state index contributed by atoms with van der Waals surface area (Å²) in [5.41, 5.74) is 0. The van der Waals surface area contributed by atoms with Crippen molar-refractivity contribution in [3.63, 3.8) is 0 Å². The largest absolute Gasteiger partial charge is 0.491 e. The van der Waals surface area contributed by atoms with Crippen LogP contribution in [0.15, 0.2) is 0 Å². The van der Waals surface area contributed by atoms with Crippen LogP contribution in [0, 0.1) is 0 Å². The number of rotatable bonds is 1. The van der Waals surface area contributed by atoms with Gasteiger partial charge in [-0.15, -0.1) is 0 Å². The fourth-order valence-corrected chi connectivity index (χ4v) is 0.214. The van der Waals surface area contributed by atoms with E-state index in [0.29, 0.717) is 6.92 Å². The van der Waals surface area contributed by atoms with E-state index in [1.165, 1.54) is 0 Å². The van der Waals surface area contributed by atoms with Crippen LogP contribution >= 0.6 is 0 Å². The van der Waals surface area contributed by atoms with Crippen molar-refractivity contribution in [3.05, 3.63) is 0 Å². The van der Waals surface area contributed by atoms with Crippen LogP contribution in [-0.4, -0.2) is 18.5 Å². The highest BCUT2D eigenvalue weighted by atomic mass is 19.4. The minimum absolute atomic E-state index is 0.684. The predicted octanol–water partition coefficient (Wildman–Crippen LogP) is 1.41. The van der Waals surface area contributed by atoms with Crippen LogP contribution in [-0.2, 0) is 9.53 Å². The molecule has 0 spiro atoms. The average molecular weight is 160 g/mol. The van der Waals surface area contributed by atoms with Crippen LogP contribution in [0.5, 0.6) is 0 Å². The van der Waals surface area contributed by atoms with Gasteiger partial charge in [0.15, 0.2) is 0 Å². The Morgan fingerprint density at radius 1 is 1.50 bits per heavy atom. The number of halogens is 4. The highest BCUT2D eigenvalue weighted by Gasteiger charge is 2.41. The third-order valence-corrected chi connectivity index (χ3v) is 0.501. The van der Waals surface area contributed by atoms with Gasteiger partial charge in [-0.25, -0.2) is 9.18 Å². The maximum absolute atomic E-state index is 11.5. The van der Waals surface area contributed by atoms with Gasteiger partial charge >= 0.3 is 12.1 Å². The van der Waals surface area contributed by atoms with E-state index >= 15 is 0 Å². The monoisotopic (exact) mass is 160 g/mol. The molecule has 0 aromatic rings. The van der Waals surface area contributed by atoms with Crippen LogP contribution in [0.3, 0.4) is 0 Å². The van der Waals surface area contributed by atoms with Gasteiger partial charge in [0.1, 0.15) is 0 Å². The highest BCUT2D eigenvalue weighted by Crippen LogP contribution is 2.17. The Kier molecular flexibility index (Phi) is 2.62. The lowest BCUT2D eigenvalue weighted by atomic mass is 10.6. The Bertz CT molecular complexity index is 128. The molecule has 0 aromatic heterocycles. The third-order valence-electron chi connectivity index (χ3n) is 0.501. The zero-order valence-electron chi connectivity index (χ0n) is 4.91. The van der Waals surface area contributed by atoms with Gasteiger partial charge in [-0.3, -0.25) is 0 Å². The summed E-state index contributed by atoms with van der Waals surface area (Å²) in [5, 5.41) is 0. The molecule has 60 valence electrons. The summed E-state index contributed by atoms with van der Waals surface area (Å²) in [6.07, 6.45) is -7.34. The van der Waals surface area contributed by atoms with E-state index in [9.17, 15) is 22.4 Å². The van der Waals surface area contributed by atoms with Gasteiger partial charge in [-0.2, -0.15) is 13.2 Å². The van der Waals surface area contributed by atoms with Crippen molar-refractivity contribution < 1.29 is 27.1 Å². The molecule has 6 heteroatoms. The van der Waals surface area contributed by atoms with E-state index < -0.39 is 18.5 Å². The first kappa shape index (κ1) is 9.19. The molecule has 0 fully saturated rings. The average Bonchev–Trinajstić information content (AvgIpc) is 1.60. The first-order valence-electron chi connectivity index (χ1n) is 2.26. The van der Waals surface area contributed by atoms with Crippen molar-refractivity contribution in [2.24, 2.45) is 0 Å². The molecule has 0 bridgehead atoms. The van der Waals surface area contributed by atoms with Crippen molar-refractivity contribution in [1.82, 2.24) is 0 Å². The molecule has 1 unspecified atom stereocenters. The van der Waals surface area contributed by atoms with Crippen molar-refractivity contribution in [3.8, 4) is 0 Å². The molecule has 10 heavy (non-hydrogen) atoms. The summed E-state index contributed by atoms with van der Waals surface area (Å²) in [6.45, 7) is 0.684. The summed E-state index contributed by atoms with van der Waals surface area (Å²) < 4.78 is 48.2. The number of carbonyl (C=O) groups is 1. The number of hydrogen-bond acceptors (Lipinski definition) is 2. The second kappa shape index (κ2) is 2.85. The van der Waals surface area contributed by atoms with Crippen molar-refractivity contribution in [2.45, 2.75) is 19.5 Å². The van der Waals surface area contributed by atoms with Crippen LogP contribution in [0.2, 0.25) is 0 Å². The van der Waals surface area contributed by atoms with Gasteiger partial charge in [0.05, 0.1) is 0 Å². The van der Waals surface area contributed by atoms with Crippen molar-refractivity contribution >= 4 is 5.97 Å². The number of carbonyl (C=O) groups excluding carboxylic acids is 1. The van der Waals surface area contributed by atoms with Gasteiger partial charge in [-0.05, 0) is 0 Å². The molecule has 0 aliphatic rings. The zero-order valence-corrected chi connectivity index (χ0v) is 4.91. The SMILES string of the molecule is CC(F)OC(=O)C(F)(F)F. The molecule has 2 nitrogen and oxygen atoms in total. The fraction of sp³-hybridized carbons (Fsp3) is 0.750. The fourth-order valence-electron chi connectivity index (χ4n) is 0.214. The molecule has 0 heterocycles. The van der Waals surface area contributed by atoms with Gasteiger partial charge in [0, 0.05) is 6.92 Å². The number of esters is 1. The maximum atomic E-state index is 11.5. The number of ether oxygens (including phenoxy) is 1. The van der Waals surface area contributed by atoms with E-state index in [-0.39, 0.29) is 0 Å². The first-order valence-corrected chi connectivity index (χ1v) is 2.26. The van der Waals surface area contributed by atoms with Crippen LogP contribution < -0.4 is 0 Å². The molecule has 0 amide bonds. The second-order valence-corrected chi connectivity index (χ2v) is 1.45. The van der Waals surface area contributed by atoms with Gasteiger partial charge in [0.25, 0.3) is 0 Å². The van der Waals surface area contributed by atoms with Crippen molar-refractivity contribution in [2.75, 3.05) is 0 Å². The van der Waals surface area contributed by atoms with E-state index in [2.05, 4.69) is 4.74 Å². The molecule has 0 rings (SSSR count). The molecular formula is C4H4F4O2. The lowest BCUT2D eigenvalue weighted by molar-refractivity contribution is -0.210. The van der Waals surface area contributed by atoms with E-state index in [1.54, 1.807) is 0 Å². The lowest BCUT2D eigenvalue weighted by Crippen LogP contribution is -2.27. The molecule has 0 radical (unpaired) electrons. The normalized spacial score (nSPS) is 14.5. The lowest BCUT2D eigenvalue weighted by Gasteiger charge is -2.06. The van der Waals surface area contributed by atoms with Gasteiger partial charge in [0.2, 0.25) is 6.36 Å². The molecule has 0 N–H and O–H groups in total. The minimum atomic E-state index is -5.11. The van der Waals surface area contributed by atoms with E-state index in [4.69, 9.17) is 0 Å². The quantitative estimate of drug-likeness (QED) is 0.428. The zero-order chi connectivity index (χ0) is 8.36. The van der Waals surface area contributed by atoms with Gasteiger partial charge in [-0.1, -0.05) is 0 Å². The topological polar surface area (TPSA) is 26.3 Å². The molecular weight excluding hydrogens is 156 g/mol. The summed E-state index contributed by atoms with van der Waals surface area (Å²) in [5.74, 6) is -2.51. The Labute approximate surface area is 53.8 Å². The van der Waals surface area contributed by atoms with E-state index in [0.717, 1.165) is 0 Å². The predicted molar refractivity (Wildman–Crippen MR) is 22.7 cm³/mol. The standard InChI is InChI=1S/C4H4F4O2/c1-2(5)10-3(9)4(6,7)8/h2H,1H3. The minimum Gasteiger partial charge on any atom is -0.425 e. The Morgan fingerprint density at radius 3 is 2.00 bits per heavy atom. The van der Waals surface area contributed by atoms with Crippen molar-refractivity contribution in [1.29, 1.82) is 0 Å². The number of hydrogen-bond donors (Lipinski definition) is 0. The van der Waals surface area contributed by atoms with Crippen LogP contribution in [0.25, 0.3) is 0 Å². The maximum Gasteiger partial charge on any atom is 0.491 e. The third kappa shape index (κ3) is 3.26. The smallest absolute Gasteiger partial charge is 0.425 e. The number of alkyl halides is 4. The Hall–Kier alpha value is -0.810. The van der Waals surface area contributed by atoms with Crippen LogP contribution in [0.1, 0.15) is 6.92 Å². The summed E-state index contributed by atoms with van der Waals surface area (Å²) in [7, 11) is 0. The first-order chi connectivity index (χ1) is 4.34. The molecule has 0 aliphatic heterocycles.